The zero-order valence-electron chi connectivity index (χ0n) is 9.66. The average molecular weight is 224 g/mol. The van der Waals surface area contributed by atoms with Gasteiger partial charge in [0.2, 0.25) is 0 Å². The van der Waals surface area contributed by atoms with Gasteiger partial charge in [-0.2, -0.15) is 0 Å². The summed E-state index contributed by atoms with van der Waals surface area (Å²) in [4.78, 5) is 0. The van der Waals surface area contributed by atoms with Crippen LogP contribution in [0.1, 0.15) is 23.1 Å². The van der Waals surface area contributed by atoms with E-state index in [9.17, 15) is 5.11 Å². The van der Waals surface area contributed by atoms with Crippen molar-refractivity contribution in [2.45, 2.75) is 12.0 Å². The minimum absolute atomic E-state index is 0.0707. The first-order chi connectivity index (χ1) is 8.33. The maximum atomic E-state index is 10.4. The maximum Gasteiger partial charge on any atom is 0.0893 e. The molecule has 2 atom stereocenters. The van der Waals surface area contributed by atoms with Crippen LogP contribution in [0.15, 0.2) is 73.3 Å². The molecule has 0 spiro atoms. The molecule has 1 N–H and O–H groups in total. The lowest BCUT2D eigenvalue weighted by atomic mass is 9.89. The Balaban J connectivity index is 2.28. The van der Waals surface area contributed by atoms with Crippen molar-refractivity contribution >= 4 is 0 Å². The van der Waals surface area contributed by atoms with Crippen molar-refractivity contribution in [3.8, 4) is 0 Å². The number of rotatable bonds is 4. The fourth-order valence-corrected chi connectivity index (χ4v) is 1.98. The van der Waals surface area contributed by atoms with Gasteiger partial charge in [-0.25, -0.2) is 0 Å². The predicted octanol–water partition coefficient (Wildman–Crippen LogP) is 3.69. The zero-order chi connectivity index (χ0) is 12.1. The topological polar surface area (TPSA) is 20.2 Å². The molecule has 0 aromatic heterocycles. The second-order valence-electron chi connectivity index (χ2n) is 4.03. The van der Waals surface area contributed by atoms with E-state index in [2.05, 4.69) is 6.58 Å². The van der Waals surface area contributed by atoms with Crippen molar-refractivity contribution in [1.29, 1.82) is 0 Å². The van der Waals surface area contributed by atoms with Gasteiger partial charge in [-0.15, -0.1) is 6.58 Å². The molecule has 0 heterocycles. The Morgan fingerprint density at radius 2 is 1.29 bits per heavy atom. The van der Waals surface area contributed by atoms with Crippen LogP contribution in [0.5, 0.6) is 0 Å². The molecule has 2 rings (SSSR count). The molecule has 0 fully saturated rings. The summed E-state index contributed by atoms with van der Waals surface area (Å²) in [7, 11) is 0. The Morgan fingerprint density at radius 1 is 0.824 bits per heavy atom. The van der Waals surface area contributed by atoms with E-state index in [-0.39, 0.29) is 5.92 Å². The van der Waals surface area contributed by atoms with E-state index in [1.165, 1.54) is 0 Å². The molecular weight excluding hydrogens is 208 g/mol. The van der Waals surface area contributed by atoms with Crippen molar-refractivity contribution in [3.05, 3.63) is 84.4 Å². The smallest absolute Gasteiger partial charge is 0.0893 e. The lowest BCUT2D eigenvalue weighted by molar-refractivity contribution is 0.162. The molecule has 0 saturated heterocycles. The van der Waals surface area contributed by atoms with Crippen LogP contribution in [-0.2, 0) is 0 Å². The average Bonchev–Trinajstić information content (AvgIpc) is 2.42. The number of hydrogen-bond donors (Lipinski definition) is 1. The van der Waals surface area contributed by atoms with Crippen LogP contribution in [0.4, 0.5) is 0 Å². The van der Waals surface area contributed by atoms with Crippen LogP contribution in [0.25, 0.3) is 0 Å². The highest BCUT2D eigenvalue weighted by Crippen LogP contribution is 2.31. The molecule has 2 aromatic carbocycles. The minimum atomic E-state index is -0.545. The Bertz CT molecular complexity index is 461. The van der Waals surface area contributed by atoms with Crippen LogP contribution in [0.3, 0.4) is 0 Å². The van der Waals surface area contributed by atoms with Crippen molar-refractivity contribution in [3.63, 3.8) is 0 Å². The van der Waals surface area contributed by atoms with Gasteiger partial charge in [0.25, 0.3) is 0 Å². The molecule has 0 amide bonds. The molecule has 0 radical (unpaired) electrons. The van der Waals surface area contributed by atoms with Gasteiger partial charge in [-0.05, 0) is 11.1 Å². The minimum Gasteiger partial charge on any atom is -0.387 e. The number of benzene rings is 2. The summed E-state index contributed by atoms with van der Waals surface area (Å²) >= 11 is 0. The Morgan fingerprint density at radius 3 is 1.76 bits per heavy atom. The van der Waals surface area contributed by atoms with Gasteiger partial charge in [0, 0.05) is 5.92 Å². The summed E-state index contributed by atoms with van der Waals surface area (Å²) in [6, 6.07) is 19.6. The van der Waals surface area contributed by atoms with E-state index >= 15 is 0 Å². The summed E-state index contributed by atoms with van der Waals surface area (Å²) in [5.41, 5.74) is 2.00. The van der Waals surface area contributed by atoms with Crippen molar-refractivity contribution in [1.82, 2.24) is 0 Å². The van der Waals surface area contributed by atoms with Crippen LogP contribution < -0.4 is 0 Å². The van der Waals surface area contributed by atoms with Gasteiger partial charge in [0.05, 0.1) is 6.10 Å². The van der Waals surface area contributed by atoms with Crippen LogP contribution >= 0.6 is 0 Å². The van der Waals surface area contributed by atoms with Gasteiger partial charge in [-0.3, -0.25) is 0 Å². The molecule has 0 aliphatic carbocycles. The second-order valence-corrected chi connectivity index (χ2v) is 4.03. The van der Waals surface area contributed by atoms with E-state index in [0.717, 1.165) is 11.1 Å². The van der Waals surface area contributed by atoms with Gasteiger partial charge < -0.3 is 5.11 Å². The fraction of sp³-hybridized carbons (Fsp3) is 0.125. The number of aliphatic hydroxyl groups is 1. The highest BCUT2D eigenvalue weighted by atomic mass is 16.3. The summed E-state index contributed by atoms with van der Waals surface area (Å²) in [6.07, 6.45) is 1.25. The third-order valence-electron chi connectivity index (χ3n) is 2.92. The molecule has 0 saturated carbocycles. The molecule has 2 aromatic rings. The Kier molecular flexibility index (Phi) is 3.73. The fourth-order valence-electron chi connectivity index (χ4n) is 1.98. The number of hydrogen-bond acceptors (Lipinski definition) is 1. The van der Waals surface area contributed by atoms with Crippen LogP contribution in [0, 0.1) is 0 Å². The molecule has 0 bridgehead atoms. The van der Waals surface area contributed by atoms with Crippen molar-refractivity contribution in [2.75, 3.05) is 0 Å². The highest BCUT2D eigenvalue weighted by molar-refractivity contribution is 5.29. The van der Waals surface area contributed by atoms with Gasteiger partial charge in [0.1, 0.15) is 0 Å². The zero-order valence-corrected chi connectivity index (χ0v) is 9.66. The summed E-state index contributed by atoms with van der Waals surface area (Å²) in [6.45, 7) is 3.82. The van der Waals surface area contributed by atoms with E-state index < -0.39 is 6.10 Å². The van der Waals surface area contributed by atoms with E-state index in [1.54, 1.807) is 6.08 Å². The molecule has 0 aliphatic heterocycles. The van der Waals surface area contributed by atoms with Crippen molar-refractivity contribution in [2.24, 2.45) is 0 Å². The normalized spacial score (nSPS) is 13.9. The molecule has 0 aliphatic rings. The van der Waals surface area contributed by atoms with E-state index in [4.69, 9.17) is 0 Å². The number of aliphatic hydroxyl groups excluding tert-OH is 1. The standard InChI is InChI=1S/C16H16O/c1-2-15(13-9-5-3-6-10-13)16(17)14-11-7-4-8-12-14/h2-12,15-17H,1H2/t15-,16?/m1/s1. The maximum absolute atomic E-state index is 10.4. The first-order valence-corrected chi connectivity index (χ1v) is 5.73. The Labute approximate surface area is 102 Å². The third kappa shape index (κ3) is 2.63. The molecule has 17 heavy (non-hydrogen) atoms. The predicted molar refractivity (Wildman–Crippen MR) is 70.8 cm³/mol. The van der Waals surface area contributed by atoms with Crippen molar-refractivity contribution < 1.29 is 5.11 Å². The SMILES string of the molecule is C=C[C@H](c1ccccc1)C(O)c1ccccc1. The monoisotopic (exact) mass is 224 g/mol. The van der Waals surface area contributed by atoms with Gasteiger partial charge in [-0.1, -0.05) is 66.7 Å². The lowest BCUT2D eigenvalue weighted by Gasteiger charge is -2.20. The quantitative estimate of drug-likeness (QED) is 0.785. The van der Waals surface area contributed by atoms with Gasteiger partial charge >= 0.3 is 0 Å². The summed E-state index contributed by atoms with van der Waals surface area (Å²) < 4.78 is 0. The van der Waals surface area contributed by atoms with Gasteiger partial charge in [0.15, 0.2) is 0 Å². The van der Waals surface area contributed by atoms with E-state index in [1.807, 2.05) is 60.7 Å². The summed E-state index contributed by atoms with van der Waals surface area (Å²) in [5.74, 6) is -0.0707. The van der Waals surface area contributed by atoms with Crippen LogP contribution in [-0.4, -0.2) is 5.11 Å². The Hall–Kier alpha value is -1.86. The first-order valence-electron chi connectivity index (χ1n) is 5.73. The third-order valence-corrected chi connectivity index (χ3v) is 2.92. The molecule has 1 nitrogen and oxygen atoms in total. The molecule has 86 valence electrons. The molecule has 1 heteroatoms. The molecule has 1 unspecified atom stereocenters. The lowest BCUT2D eigenvalue weighted by Crippen LogP contribution is -2.08. The molecular formula is C16H16O. The highest BCUT2D eigenvalue weighted by Gasteiger charge is 2.19. The first kappa shape index (κ1) is 11.6. The van der Waals surface area contributed by atoms with Crippen LogP contribution in [0.2, 0.25) is 0 Å². The summed E-state index contributed by atoms with van der Waals surface area (Å²) in [5, 5.41) is 10.4. The van der Waals surface area contributed by atoms with E-state index in [0.29, 0.717) is 0 Å². The second kappa shape index (κ2) is 5.46. The largest absolute Gasteiger partial charge is 0.387 e.